The van der Waals surface area contributed by atoms with Crippen molar-refractivity contribution in [2.24, 2.45) is 0 Å². The fraction of sp³-hybridized carbons (Fsp3) is 0.158. The normalized spacial score (nSPS) is 10.6. The summed E-state index contributed by atoms with van der Waals surface area (Å²) in [6, 6.07) is 17.6. The molecule has 0 radical (unpaired) electrons. The second-order valence-corrected chi connectivity index (χ2v) is 6.44. The van der Waals surface area contributed by atoms with E-state index >= 15 is 0 Å². The molecule has 2 aromatic carbocycles. The lowest BCUT2D eigenvalue weighted by atomic mass is 10.2. The molecule has 0 fully saturated rings. The van der Waals surface area contributed by atoms with Crippen LogP contribution < -0.4 is 10.3 Å². The molecule has 122 valence electrons. The average molecular weight is 338 g/mol. The minimum atomic E-state index is -0.265. The number of hydrogen-bond donors (Lipinski definition) is 1. The summed E-state index contributed by atoms with van der Waals surface area (Å²) in [4.78, 5) is 19.5. The molecule has 0 aliphatic carbocycles. The fourth-order valence-electron chi connectivity index (χ4n) is 2.19. The largest absolute Gasteiger partial charge is 0.450 e. The minimum absolute atomic E-state index is 0.239. The average Bonchev–Trinajstić information content (AvgIpc) is 2.59. The summed E-state index contributed by atoms with van der Waals surface area (Å²) in [5, 5.41) is 0.595. The summed E-state index contributed by atoms with van der Waals surface area (Å²) in [6.07, 6.45) is 0. The number of aromatic nitrogens is 2. The number of H-pyrrole nitrogens is 1. The zero-order valence-electron chi connectivity index (χ0n) is 13.6. The van der Waals surface area contributed by atoms with Crippen molar-refractivity contribution in [1.82, 2.24) is 9.97 Å². The van der Waals surface area contributed by atoms with E-state index in [1.807, 2.05) is 61.5 Å². The second-order valence-electron chi connectivity index (χ2n) is 5.48. The van der Waals surface area contributed by atoms with Crippen LogP contribution in [0.25, 0.3) is 0 Å². The van der Waals surface area contributed by atoms with Crippen molar-refractivity contribution in [1.29, 1.82) is 0 Å². The molecule has 0 unspecified atom stereocenters. The first-order valence-corrected chi connectivity index (χ1v) is 8.62. The molecular formula is C19H18N2O2S. The Hall–Kier alpha value is -2.53. The van der Waals surface area contributed by atoms with E-state index < -0.39 is 0 Å². The summed E-state index contributed by atoms with van der Waals surface area (Å²) in [7, 11) is 0. The number of thioether (sulfide) groups is 1. The smallest absolute Gasteiger partial charge is 0.294 e. The standard InChI is InChI=1S/C19H18N2O2S/c1-13-8-10-16(11-9-13)23-17-14(2)20-19(21-18(17)22)24-12-15-6-4-3-5-7-15/h3-11H,12H2,1-2H3,(H,20,21,22). The van der Waals surface area contributed by atoms with Gasteiger partial charge in [0.05, 0.1) is 5.69 Å². The molecular weight excluding hydrogens is 320 g/mol. The topological polar surface area (TPSA) is 55.0 Å². The molecule has 3 rings (SSSR count). The Morgan fingerprint density at radius 2 is 1.75 bits per heavy atom. The van der Waals surface area contributed by atoms with Crippen LogP contribution in [0, 0.1) is 13.8 Å². The van der Waals surface area contributed by atoms with E-state index in [1.54, 1.807) is 6.92 Å². The van der Waals surface area contributed by atoms with E-state index in [4.69, 9.17) is 4.74 Å². The molecule has 24 heavy (non-hydrogen) atoms. The fourth-order valence-corrected chi connectivity index (χ4v) is 3.05. The van der Waals surface area contributed by atoms with Gasteiger partial charge in [0.2, 0.25) is 5.75 Å². The van der Waals surface area contributed by atoms with Crippen LogP contribution in [0.15, 0.2) is 64.5 Å². The number of benzene rings is 2. The van der Waals surface area contributed by atoms with Crippen LogP contribution in [0.1, 0.15) is 16.8 Å². The number of nitrogens with one attached hydrogen (secondary N) is 1. The van der Waals surface area contributed by atoms with Gasteiger partial charge in [-0.3, -0.25) is 9.78 Å². The van der Waals surface area contributed by atoms with Gasteiger partial charge in [-0.05, 0) is 31.5 Å². The molecule has 0 spiro atoms. The van der Waals surface area contributed by atoms with Crippen molar-refractivity contribution in [3.63, 3.8) is 0 Å². The van der Waals surface area contributed by atoms with Gasteiger partial charge in [0.1, 0.15) is 5.75 Å². The number of rotatable bonds is 5. The third kappa shape index (κ3) is 4.06. The molecule has 1 N–H and O–H groups in total. The van der Waals surface area contributed by atoms with Crippen molar-refractivity contribution in [3.8, 4) is 11.5 Å². The number of ether oxygens (including phenoxy) is 1. The highest BCUT2D eigenvalue weighted by atomic mass is 32.2. The quantitative estimate of drug-likeness (QED) is 0.551. The Morgan fingerprint density at radius 3 is 2.42 bits per heavy atom. The lowest BCUT2D eigenvalue weighted by molar-refractivity contribution is 0.463. The van der Waals surface area contributed by atoms with Crippen molar-refractivity contribution in [2.45, 2.75) is 24.8 Å². The third-order valence-electron chi connectivity index (χ3n) is 3.48. The number of hydrogen-bond acceptors (Lipinski definition) is 4. The highest BCUT2D eigenvalue weighted by Crippen LogP contribution is 2.23. The Labute approximate surface area is 144 Å². The van der Waals surface area contributed by atoms with Crippen molar-refractivity contribution in [3.05, 3.63) is 81.8 Å². The van der Waals surface area contributed by atoms with Crippen LogP contribution in [0.4, 0.5) is 0 Å². The van der Waals surface area contributed by atoms with Gasteiger partial charge >= 0.3 is 0 Å². The van der Waals surface area contributed by atoms with E-state index in [0.717, 1.165) is 11.3 Å². The molecule has 0 saturated heterocycles. The first kappa shape index (κ1) is 16.3. The van der Waals surface area contributed by atoms with E-state index in [1.165, 1.54) is 17.3 Å². The zero-order valence-corrected chi connectivity index (χ0v) is 14.4. The van der Waals surface area contributed by atoms with Gasteiger partial charge in [-0.2, -0.15) is 0 Å². The third-order valence-corrected chi connectivity index (χ3v) is 4.43. The van der Waals surface area contributed by atoms with Gasteiger partial charge in [0, 0.05) is 5.75 Å². The van der Waals surface area contributed by atoms with Gasteiger partial charge in [0.15, 0.2) is 5.16 Å². The predicted octanol–water partition coefficient (Wildman–Crippen LogP) is 4.47. The second kappa shape index (κ2) is 7.36. The lowest BCUT2D eigenvalue weighted by Gasteiger charge is -2.09. The first-order valence-electron chi connectivity index (χ1n) is 7.64. The first-order chi connectivity index (χ1) is 11.6. The summed E-state index contributed by atoms with van der Waals surface area (Å²) in [5.74, 6) is 1.62. The summed E-state index contributed by atoms with van der Waals surface area (Å²) in [5.41, 5.74) is 2.63. The molecule has 0 atom stereocenters. The lowest BCUT2D eigenvalue weighted by Crippen LogP contribution is -2.13. The molecule has 1 heterocycles. The van der Waals surface area contributed by atoms with Gasteiger partial charge < -0.3 is 4.74 Å². The van der Waals surface area contributed by atoms with Crippen LogP contribution in [0.2, 0.25) is 0 Å². The number of nitrogens with zero attached hydrogens (tertiary/aromatic N) is 1. The SMILES string of the molecule is Cc1ccc(Oc2c(C)nc(SCc3ccccc3)[nH]c2=O)cc1. The molecule has 4 nitrogen and oxygen atoms in total. The Kier molecular flexibility index (Phi) is 5.01. The maximum Gasteiger partial charge on any atom is 0.294 e. The Bertz CT molecular complexity index is 874. The molecule has 0 aliphatic rings. The maximum absolute atomic E-state index is 12.3. The minimum Gasteiger partial charge on any atom is -0.450 e. The van der Waals surface area contributed by atoms with E-state index in [-0.39, 0.29) is 11.3 Å². The highest BCUT2D eigenvalue weighted by molar-refractivity contribution is 7.98. The molecule has 5 heteroatoms. The van der Waals surface area contributed by atoms with Gasteiger partial charge in [0.25, 0.3) is 5.56 Å². The Morgan fingerprint density at radius 1 is 1.04 bits per heavy atom. The van der Waals surface area contributed by atoms with E-state index in [9.17, 15) is 4.79 Å². The molecule has 0 aliphatic heterocycles. The van der Waals surface area contributed by atoms with Gasteiger partial charge in [-0.15, -0.1) is 0 Å². The van der Waals surface area contributed by atoms with E-state index in [2.05, 4.69) is 9.97 Å². The van der Waals surface area contributed by atoms with Gasteiger partial charge in [-0.25, -0.2) is 4.98 Å². The highest BCUT2D eigenvalue weighted by Gasteiger charge is 2.11. The summed E-state index contributed by atoms with van der Waals surface area (Å²) < 4.78 is 5.70. The van der Waals surface area contributed by atoms with E-state index in [0.29, 0.717) is 16.6 Å². The van der Waals surface area contributed by atoms with Crippen LogP contribution in [0.3, 0.4) is 0 Å². The van der Waals surface area contributed by atoms with Crippen LogP contribution in [-0.4, -0.2) is 9.97 Å². The summed E-state index contributed by atoms with van der Waals surface area (Å²) in [6.45, 7) is 3.79. The number of aromatic amines is 1. The molecule has 0 bridgehead atoms. The van der Waals surface area contributed by atoms with Crippen LogP contribution >= 0.6 is 11.8 Å². The molecule has 1 aromatic heterocycles. The molecule has 0 amide bonds. The zero-order chi connectivity index (χ0) is 16.9. The van der Waals surface area contributed by atoms with Crippen molar-refractivity contribution in [2.75, 3.05) is 0 Å². The molecule has 3 aromatic rings. The number of aryl methyl sites for hydroxylation is 2. The molecule has 0 saturated carbocycles. The monoisotopic (exact) mass is 338 g/mol. The van der Waals surface area contributed by atoms with Crippen molar-refractivity contribution >= 4 is 11.8 Å². The van der Waals surface area contributed by atoms with Gasteiger partial charge in [-0.1, -0.05) is 59.8 Å². The summed E-state index contributed by atoms with van der Waals surface area (Å²) >= 11 is 1.50. The predicted molar refractivity (Wildman–Crippen MR) is 96.9 cm³/mol. The maximum atomic E-state index is 12.3. The Balaban J connectivity index is 1.76. The van der Waals surface area contributed by atoms with Crippen LogP contribution in [0.5, 0.6) is 11.5 Å². The van der Waals surface area contributed by atoms with Crippen molar-refractivity contribution < 1.29 is 4.74 Å². The van der Waals surface area contributed by atoms with Crippen LogP contribution in [-0.2, 0) is 5.75 Å².